The molecule has 0 atom stereocenters. The van der Waals surface area contributed by atoms with Gasteiger partial charge in [-0.15, -0.1) is 24.0 Å². The first-order valence-electron chi connectivity index (χ1n) is 9.42. The highest BCUT2D eigenvalue weighted by Gasteiger charge is 2.29. The lowest BCUT2D eigenvalue weighted by Gasteiger charge is -2.12. The van der Waals surface area contributed by atoms with Gasteiger partial charge in [0.05, 0.1) is 18.7 Å². The van der Waals surface area contributed by atoms with Gasteiger partial charge in [-0.2, -0.15) is 13.2 Å². The van der Waals surface area contributed by atoms with Crippen LogP contribution in [0.3, 0.4) is 0 Å². The molecular formula is C21H28F3IN4O. The van der Waals surface area contributed by atoms with Crippen LogP contribution >= 0.6 is 24.0 Å². The standard InChI is InChI=1S/C21H27F3N4O.HI/c1-3-25-20(27-14-16-4-8-18(9-5-16)21(22,23)24)28-15-17-6-10-19(11-7-17)26-12-13-29-2;/h4-11,26H,3,12-15H2,1-2H3,(H2,25,27,28);1H. The second-order valence-corrected chi connectivity index (χ2v) is 6.36. The highest BCUT2D eigenvalue weighted by Crippen LogP contribution is 2.29. The summed E-state index contributed by atoms with van der Waals surface area (Å²) < 4.78 is 42.9. The number of ether oxygens (including phenoxy) is 1. The van der Waals surface area contributed by atoms with Gasteiger partial charge in [0, 0.05) is 32.4 Å². The maximum absolute atomic E-state index is 12.6. The Labute approximate surface area is 192 Å². The summed E-state index contributed by atoms with van der Waals surface area (Å²) in [4.78, 5) is 4.53. The molecule has 3 N–H and O–H groups in total. The van der Waals surface area contributed by atoms with E-state index in [1.807, 2.05) is 31.2 Å². The Morgan fingerprint density at radius 3 is 2.17 bits per heavy atom. The van der Waals surface area contributed by atoms with Crippen LogP contribution in [0.25, 0.3) is 0 Å². The average molecular weight is 536 g/mol. The summed E-state index contributed by atoms with van der Waals surface area (Å²) in [6.45, 7) is 4.89. The fourth-order valence-corrected chi connectivity index (χ4v) is 2.53. The summed E-state index contributed by atoms with van der Waals surface area (Å²) in [5, 5.41) is 9.53. The van der Waals surface area contributed by atoms with E-state index < -0.39 is 11.7 Å². The number of guanidine groups is 1. The lowest BCUT2D eigenvalue weighted by atomic mass is 10.1. The average Bonchev–Trinajstić information content (AvgIpc) is 2.71. The molecule has 9 heteroatoms. The van der Waals surface area contributed by atoms with Crippen LogP contribution in [0, 0.1) is 0 Å². The molecule has 0 saturated carbocycles. The van der Waals surface area contributed by atoms with Gasteiger partial charge in [-0.25, -0.2) is 4.99 Å². The van der Waals surface area contributed by atoms with E-state index in [0.717, 1.165) is 35.5 Å². The van der Waals surface area contributed by atoms with Crippen molar-refractivity contribution in [1.29, 1.82) is 0 Å². The molecule has 0 saturated heterocycles. The maximum Gasteiger partial charge on any atom is 0.416 e. The van der Waals surface area contributed by atoms with Crippen molar-refractivity contribution in [2.75, 3.05) is 32.1 Å². The summed E-state index contributed by atoms with van der Waals surface area (Å²) in [6.07, 6.45) is -4.32. The molecule has 0 fully saturated rings. The molecule has 2 aromatic carbocycles. The number of methoxy groups -OCH3 is 1. The van der Waals surface area contributed by atoms with Crippen LogP contribution in [0.4, 0.5) is 18.9 Å². The number of hydrogen-bond donors (Lipinski definition) is 3. The smallest absolute Gasteiger partial charge is 0.383 e. The van der Waals surface area contributed by atoms with Gasteiger partial charge in [0.25, 0.3) is 0 Å². The van der Waals surface area contributed by atoms with E-state index in [4.69, 9.17) is 4.74 Å². The number of aliphatic imine (C=N–C) groups is 1. The van der Waals surface area contributed by atoms with E-state index in [2.05, 4.69) is 20.9 Å². The van der Waals surface area contributed by atoms with E-state index in [0.29, 0.717) is 32.2 Å². The second kappa shape index (κ2) is 13.3. The van der Waals surface area contributed by atoms with Crippen LogP contribution in [0.15, 0.2) is 53.5 Å². The summed E-state index contributed by atoms with van der Waals surface area (Å²) in [7, 11) is 1.66. The van der Waals surface area contributed by atoms with Gasteiger partial charge in [0.2, 0.25) is 0 Å². The molecule has 166 valence electrons. The molecule has 0 bridgehead atoms. The molecule has 0 amide bonds. The Morgan fingerprint density at radius 1 is 0.967 bits per heavy atom. The number of nitrogens with zero attached hydrogens (tertiary/aromatic N) is 1. The zero-order chi connectivity index (χ0) is 21.1. The fraction of sp³-hybridized carbons (Fsp3) is 0.381. The number of benzene rings is 2. The monoisotopic (exact) mass is 536 g/mol. The van der Waals surface area contributed by atoms with Crippen molar-refractivity contribution in [3.63, 3.8) is 0 Å². The maximum atomic E-state index is 12.6. The van der Waals surface area contributed by atoms with Gasteiger partial charge in [-0.3, -0.25) is 0 Å². The summed E-state index contributed by atoms with van der Waals surface area (Å²) in [5.41, 5.74) is 2.16. The molecule has 0 heterocycles. The van der Waals surface area contributed by atoms with Crippen molar-refractivity contribution in [3.05, 3.63) is 65.2 Å². The molecule has 0 spiro atoms. The summed E-state index contributed by atoms with van der Waals surface area (Å²) in [5.74, 6) is 0.606. The third-order valence-electron chi connectivity index (χ3n) is 4.09. The molecule has 0 radical (unpaired) electrons. The van der Waals surface area contributed by atoms with Gasteiger partial charge in [-0.05, 0) is 42.3 Å². The summed E-state index contributed by atoms with van der Waals surface area (Å²) >= 11 is 0. The molecule has 0 aliphatic heterocycles. The van der Waals surface area contributed by atoms with E-state index in [1.165, 1.54) is 12.1 Å². The number of nitrogens with one attached hydrogen (secondary N) is 3. The first-order chi connectivity index (χ1) is 13.9. The highest BCUT2D eigenvalue weighted by molar-refractivity contribution is 14.0. The third kappa shape index (κ3) is 9.21. The van der Waals surface area contributed by atoms with Crippen LogP contribution < -0.4 is 16.0 Å². The molecule has 30 heavy (non-hydrogen) atoms. The van der Waals surface area contributed by atoms with E-state index >= 15 is 0 Å². The van der Waals surface area contributed by atoms with Crippen molar-refractivity contribution in [1.82, 2.24) is 10.6 Å². The fourth-order valence-electron chi connectivity index (χ4n) is 2.53. The highest BCUT2D eigenvalue weighted by atomic mass is 127. The predicted octanol–water partition coefficient (Wildman–Crippen LogP) is 4.64. The van der Waals surface area contributed by atoms with Crippen LogP contribution in [0.2, 0.25) is 0 Å². The third-order valence-corrected chi connectivity index (χ3v) is 4.09. The number of anilines is 1. The first kappa shape index (κ1) is 26.0. The van der Waals surface area contributed by atoms with Crippen molar-refractivity contribution < 1.29 is 17.9 Å². The molecule has 2 rings (SSSR count). The Morgan fingerprint density at radius 2 is 1.60 bits per heavy atom. The van der Waals surface area contributed by atoms with Crippen molar-refractivity contribution in [3.8, 4) is 0 Å². The lowest BCUT2D eigenvalue weighted by molar-refractivity contribution is -0.137. The van der Waals surface area contributed by atoms with Crippen LogP contribution in [-0.2, 0) is 24.0 Å². The van der Waals surface area contributed by atoms with Gasteiger partial charge >= 0.3 is 6.18 Å². The number of rotatable bonds is 9. The zero-order valence-corrected chi connectivity index (χ0v) is 19.4. The Bertz CT molecular complexity index is 765. The first-order valence-corrected chi connectivity index (χ1v) is 9.42. The number of alkyl halides is 3. The minimum atomic E-state index is -4.32. The SMILES string of the molecule is CCNC(=NCc1ccc(NCCOC)cc1)NCc1ccc(C(F)(F)F)cc1.I. The Balaban J connectivity index is 0.00000450. The molecule has 0 aliphatic rings. The molecule has 0 aliphatic carbocycles. The normalized spacial score (nSPS) is 11.6. The van der Waals surface area contributed by atoms with Gasteiger partial charge in [0.15, 0.2) is 5.96 Å². The Kier molecular flexibility index (Phi) is 11.6. The van der Waals surface area contributed by atoms with E-state index in [9.17, 15) is 13.2 Å². The Hall–Kier alpha value is -2.01. The molecule has 0 aromatic heterocycles. The molecule has 2 aromatic rings. The largest absolute Gasteiger partial charge is 0.416 e. The van der Waals surface area contributed by atoms with Crippen molar-refractivity contribution >= 4 is 35.6 Å². The molecular weight excluding hydrogens is 508 g/mol. The molecule has 0 unspecified atom stereocenters. The van der Waals surface area contributed by atoms with Crippen LogP contribution in [-0.4, -0.2) is 32.8 Å². The van der Waals surface area contributed by atoms with Crippen LogP contribution in [0.1, 0.15) is 23.6 Å². The van der Waals surface area contributed by atoms with Gasteiger partial charge in [0.1, 0.15) is 0 Å². The van der Waals surface area contributed by atoms with Gasteiger partial charge < -0.3 is 20.7 Å². The number of halogens is 4. The van der Waals surface area contributed by atoms with E-state index in [1.54, 1.807) is 7.11 Å². The zero-order valence-electron chi connectivity index (χ0n) is 17.1. The predicted molar refractivity (Wildman–Crippen MR) is 125 cm³/mol. The summed E-state index contributed by atoms with van der Waals surface area (Å²) in [6, 6.07) is 13.1. The molecule has 5 nitrogen and oxygen atoms in total. The van der Waals surface area contributed by atoms with Gasteiger partial charge in [-0.1, -0.05) is 24.3 Å². The minimum Gasteiger partial charge on any atom is -0.383 e. The van der Waals surface area contributed by atoms with Crippen molar-refractivity contribution in [2.45, 2.75) is 26.2 Å². The lowest BCUT2D eigenvalue weighted by Crippen LogP contribution is -2.36. The number of hydrogen-bond acceptors (Lipinski definition) is 3. The quantitative estimate of drug-likeness (QED) is 0.189. The van der Waals surface area contributed by atoms with Crippen molar-refractivity contribution in [2.24, 2.45) is 4.99 Å². The minimum absolute atomic E-state index is 0. The van der Waals surface area contributed by atoms with E-state index in [-0.39, 0.29) is 24.0 Å². The second-order valence-electron chi connectivity index (χ2n) is 6.36. The van der Waals surface area contributed by atoms with Crippen LogP contribution in [0.5, 0.6) is 0 Å². The topological polar surface area (TPSA) is 57.7 Å².